The maximum absolute atomic E-state index is 12.4. The first-order chi connectivity index (χ1) is 9.73. The molecular formula is C12H20N4O5. The summed E-state index contributed by atoms with van der Waals surface area (Å²) in [5, 5.41) is 11.4. The molecule has 0 unspecified atom stereocenters. The summed E-state index contributed by atoms with van der Waals surface area (Å²) in [6.07, 6.45) is 0.485. The van der Waals surface area contributed by atoms with Gasteiger partial charge in [-0.1, -0.05) is 0 Å². The molecule has 1 aliphatic rings. The van der Waals surface area contributed by atoms with Crippen LogP contribution in [0.25, 0.3) is 0 Å². The molecule has 1 fully saturated rings. The molecule has 0 radical (unpaired) electrons. The fourth-order valence-electron chi connectivity index (χ4n) is 2.19. The molecule has 6 N–H and O–H groups in total. The standard InChI is InChI=1S/C12H20N4O5/c1-6(13)10(18)15-7(5-9(14)17)11(19)16-4-2-3-8(16)12(20)21/h6-8H,2-5,13H2,1H3,(H2,14,17)(H,15,18)(H,20,21)/t6-,7-,8+/m0/s1. The molecule has 21 heavy (non-hydrogen) atoms. The van der Waals surface area contributed by atoms with E-state index in [1.165, 1.54) is 6.92 Å². The van der Waals surface area contributed by atoms with Gasteiger partial charge in [-0.25, -0.2) is 4.79 Å². The second kappa shape index (κ2) is 7.02. The SMILES string of the molecule is C[C@H](N)C(=O)N[C@@H](CC(N)=O)C(=O)N1CCC[C@@H]1C(=O)O. The summed E-state index contributed by atoms with van der Waals surface area (Å²) in [6.45, 7) is 1.69. The van der Waals surface area contributed by atoms with Crippen molar-refractivity contribution in [3.05, 3.63) is 0 Å². The van der Waals surface area contributed by atoms with E-state index in [0.717, 1.165) is 4.90 Å². The number of carboxylic acids is 1. The Morgan fingerprint density at radius 1 is 1.38 bits per heavy atom. The third-order valence-corrected chi connectivity index (χ3v) is 3.25. The van der Waals surface area contributed by atoms with E-state index >= 15 is 0 Å². The zero-order chi connectivity index (χ0) is 16.2. The second-order valence-electron chi connectivity index (χ2n) is 5.05. The minimum absolute atomic E-state index is 0.263. The highest BCUT2D eigenvalue weighted by atomic mass is 16.4. The van der Waals surface area contributed by atoms with Crippen molar-refractivity contribution < 1.29 is 24.3 Å². The maximum Gasteiger partial charge on any atom is 0.326 e. The molecule has 9 heteroatoms. The molecule has 9 nitrogen and oxygen atoms in total. The maximum atomic E-state index is 12.4. The van der Waals surface area contributed by atoms with Crippen LogP contribution in [-0.2, 0) is 19.2 Å². The number of aliphatic carboxylic acids is 1. The van der Waals surface area contributed by atoms with Crippen molar-refractivity contribution in [3.8, 4) is 0 Å². The zero-order valence-corrected chi connectivity index (χ0v) is 11.7. The summed E-state index contributed by atoms with van der Waals surface area (Å²) in [5.74, 6) is -3.13. The Morgan fingerprint density at radius 3 is 2.48 bits per heavy atom. The lowest BCUT2D eigenvalue weighted by Gasteiger charge is -2.27. The van der Waals surface area contributed by atoms with Crippen LogP contribution in [0.2, 0.25) is 0 Å². The number of nitrogens with two attached hydrogens (primary N) is 2. The third-order valence-electron chi connectivity index (χ3n) is 3.25. The first kappa shape index (κ1) is 16.9. The van der Waals surface area contributed by atoms with Gasteiger partial charge in [0.25, 0.3) is 0 Å². The predicted molar refractivity (Wildman–Crippen MR) is 71.8 cm³/mol. The number of hydrogen-bond acceptors (Lipinski definition) is 5. The molecule has 1 heterocycles. The smallest absolute Gasteiger partial charge is 0.326 e. The van der Waals surface area contributed by atoms with Gasteiger partial charge in [0, 0.05) is 6.54 Å². The number of amides is 3. The van der Waals surface area contributed by atoms with Crippen molar-refractivity contribution in [3.63, 3.8) is 0 Å². The molecule has 0 aromatic heterocycles. The molecule has 0 aromatic rings. The van der Waals surface area contributed by atoms with Gasteiger partial charge >= 0.3 is 5.97 Å². The van der Waals surface area contributed by atoms with Crippen LogP contribution in [0.15, 0.2) is 0 Å². The summed E-state index contributed by atoms with van der Waals surface area (Å²) in [7, 11) is 0. The van der Waals surface area contributed by atoms with E-state index in [1.807, 2.05) is 0 Å². The van der Waals surface area contributed by atoms with E-state index in [2.05, 4.69) is 5.32 Å². The Balaban J connectivity index is 2.86. The van der Waals surface area contributed by atoms with Crippen LogP contribution >= 0.6 is 0 Å². The normalized spacial score (nSPS) is 20.7. The molecule has 1 rings (SSSR count). The summed E-state index contributed by atoms with van der Waals surface area (Å²) < 4.78 is 0. The quantitative estimate of drug-likeness (QED) is 0.435. The minimum Gasteiger partial charge on any atom is -0.480 e. The molecule has 0 saturated carbocycles. The van der Waals surface area contributed by atoms with Gasteiger partial charge in [-0.05, 0) is 19.8 Å². The van der Waals surface area contributed by atoms with E-state index < -0.39 is 48.2 Å². The molecule has 3 amide bonds. The third kappa shape index (κ3) is 4.42. The van der Waals surface area contributed by atoms with Crippen LogP contribution in [0.5, 0.6) is 0 Å². The highest BCUT2D eigenvalue weighted by Crippen LogP contribution is 2.19. The molecule has 1 aliphatic heterocycles. The number of nitrogens with zero attached hydrogens (tertiary/aromatic N) is 1. The van der Waals surface area contributed by atoms with Gasteiger partial charge in [0.2, 0.25) is 17.7 Å². The second-order valence-corrected chi connectivity index (χ2v) is 5.05. The summed E-state index contributed by atoms with van der Waals surface area (Å²) in [6, 6.07) is -3.00. The first-order valence-electron chi connectivity index (χ1n) is 6.61. The molecule has 0 bridgehead atoms. The number of rotatable bonds is 6. The first-order valence-corrected chi connectivity index (χ1v) is 6.61. The monoisotopic (exact) mass is 300 g/mol. The average Bonchev–Trinajstić information content (AvgIpc) is 2.85. The number of nitrogens with one attached hydrogen (secondary N) is 1. The minimum atomic E-state index is -1.19. The van der Waals surface area contributed by atoms with Gasteiger partial charge in [-0.15, -0.1) is 0 Å². The molecule has 0 aliphatic carbocycles. The Bertz CT molecular complexity index is 451. The van der Waals surface area contributed by atoms with Crippen molar-refractivity contribution in [2.75, 3.05) is 6.54 Å². The summed E-state index contributed by atoms with van der Waals surface area (Å²) >= 11 is 0. The van der Waals surface area contributed by atoms with E-state index in [0.29, 0.717) is 12.8 Å². The number of likely N-dealkylation sites (tertiary alicyclic amines) is 1. The van der Waals surface area contributed by atoms with Gasteiger partial charge in [0.15, 0.2) is 0 Å². The largest absolute Gasteiger partial charge is 0.480 e. The number of primary amides is 1. The van der Waals surface area contributed by atoms with Gasteiger partial charge in [0.1, 0.15) is 12.1 Å². The van der Waals surface area contributed by atoms with Gasteiger partial charge < -0.3 is 26.8 Å². The van der Waals surface area contributed by atoms with Gasteiger partial charge in [0.05, 0.1) is 12.5 Å². The average molecular weight is 300 g/mol. The van der Waals surface area contributed by atoms with E-state index in [-0.39, 0.29) is 6.54 Å². The summed E-state index contributed by atoms with van der Waals surface area (Å²) in [4.78, 5) is 47.2. The Kier molecular flexibility index (Phi) is 5.65. The van der Waals surface area contributed by atoms with Crippen LogP contribution in [0.3, 0.4) is 0 Å². The predicted octanol–water partition coefficient (Wildman–Crippen LogP) is -2.23. The number of carbonyl (C=O) groups is 4. The summed E-state index contributed by atoms with van der Waals surface area (Å²) in [5.41, 5.74) is 10.5. The van der Waals surface area contributed by atoms with Crippen LogP contribution in [-0.4, -0.2) is 58.4 Å². The van der Waals surface area contributed by atoms with E-state index in [4.69, 9.17) is 16.6 Å². The molecule has 0 aromatic carbocycles. The Labute approximate surface area is 121 Å². The van der Waals surface area contributed by atoms with Crippen molar-refractivity contribution in [2.24, 2.45) is 11.5 Å². The van der Waals surface area contributed by atoms with Crippen LogP contribution in [0, 0.1) is 0 Å². The van der Waals surface area contributed by atoms with E-state index in [9.17, 15) is 19.2 Å². The number of carboxylic acid groups (broad SMARTS) is 1. The topological polar surface area (TPSA) is 156 Å². The number of hydrogen-bond donors (Lipinski definition) is 4. The van der Waals surface area contributed by atoms with Crippen LogP contribution < -0.4 is 16.8 Å². The number of carbonyl (C=O) groups excluding carboxylic acids is 3. The lowest BCUT2D eigenvalue weighted by atomic mass is 10.1. The van der Waals surface area contributed by atoms with Crippen LogP contribution in [0.1, 0.15) is 26.2 Å². The zero-order valence-electron chi connectivity index (χ0n) is 11.7. The van der Waals surface area contributed by atoms with Crippen molar-refractivity contribution in [2.45, 2.75) is 44.3 Å². The van der Waals surface area contributed by atoms with Crippen LogP contribution in [0.4, 0.5) is 0 Å². The Hall–Kier alpha value is -2.16. The lowest BCUT2D eigenvalue weighted by molar-refractivity contribution is -0.149. The lowest BCUT2D eigenvalue weighted by Crippen LogP contribution is -2.55. The molecular weight excluding hydrogens is 280 g/mol. The fourth-order valence-corrected chi connectivity index (χ4v) is 2.19. The van der Waals surface area contributed by atoms with Crippen molar-refractivity contribution >= 4 is 23.7 Å². The molecule has 0 spiro atoms. The molecule has 118 valence electrons. The van der Waals surface area contributed by atoms with Gasteiger partial charge in [-0.3, -0.25) is 14.4 Å². The van der Waals surface area contributed by atoms with Gasteiger partial charge in [-0.2, -0.15) is 0 Å². The fraction of sp³-hybridized carbons (Fsp3) is 0.667. The Morgan fingerprint density at radius 2 is 2.00 bits per heavy atom. The molecule has 3 atom stereocenters. The van der Waals surface area contributed by atoms with Crippen molar-refractivity contribution in [1.82, 2.24) is 10.2 Å². The highest BCUT2D eigenvalue weighted by Gasteiger charge is 2.38. The highest BCUT2D eigenvalue weighted by molar-refractivity contribution is 5.94. The molecule has 1 saturated heterocycles. The van der Waals surface area contributed by atoms with Crippen molar-refractivity contribution in [1.29, 1.82) is 0 Å². The van der Waals surface area contributed by atoms with E-state index in [1.54, 1.807) is 0 Å².